The number of benzene rings is 2. The molecule has 21 heavy (non-hydrogen) atoms. The molecule has 4 heteroatoms. The van der Waals surface area contributed by atoms with Crippen LogP contribution in [0.5, 0.6) is 5.75 Å². The molecule has 0 saturated heterocycles. The van der Waals surface area contributed by atoms with Crippen molar-refractivity contribution in [1.29, 1.82) is 0 Å². The fourth-order valence-corrected chi connectivity index (χ4v) is 2.45. The molecule has 0 aliphatic rings. The van der Waals surface area contributed by atoms with E-state index in [0.717, 1.165) is 16.9 Å². The van der Waals surface area contributed by atoms with Crippen molar-refractivity contribution in [2.75, 3.05) is 13.7 Å². The predicted molar refractivity (Wildman–Crippen MR) is 80.9 cm³/mol. The standard InChI is InChI=1S/C17H20FNO2/c1-11-3-6-13(18)9-15(11)17(20)16(10-19)12-4-7-14(21-2)8-5-12/h3-9,16-17,20H,10,19H2,1-2H3. The molecule has 0 amide bonds. The van der Waals surface area contributed by atoms with Crippen molar-refractivity contribution in [2.45, 2.75) is 18.9 Å². The molecule has 2 unspecified atom stereocenters. The normalized spacial score (nSPS) is 13.8. The van der Waals surface area contributed by atoms with Crippen LogP contribution in [-0.4, -0.2) is 18.8 Å². The van der Waals surface area contributed by atoms with E-state index in [2.05, 4.69) is 0 Å². The first-order valence-corrected chi connectivity index (χ1v) is 6.85. The van der Waals surface area contributed by atoms with Crippen LogP contribution in [-0.2, 0) is 0 Å². The number of ether oxygens (including phenoxy) is 1. The summed E-state index contributed by atoms with van der Waals surface area (Å²) in [5, 5.41) is 10.6. The molecule has 2 aromatic carbocycles. The number of hydrogen-bond acceptors (Lipinski definition) is 3. The van der Waals surface area contributed by atoms with Crippen LogP contribution in [0.4, 0.5) is 4.39 Å². The summed E-state index contributed by atoms with van der Waals surface area (Å²) >= 11 is 0. The monoisotopic (exact) mass is 289 g/mol. The van der Waals surface area contributed by atoms with E-state index >= 15 is 0 Å². The molecule has 0 aromatic heterocycles. The lowest BCUT2D eigenvalue weighted by molar-refractivity contribution is 0.146. The summed E-state index contributed by atoms with van der Waals surface area (Å²) in [5.74, 6) is 0.0857. The van der Waals surface area contributed by atoms with Gasteiger partial charge < -0.3 is 15.6 Å². The Morgan fingerprint density at radius 1 is 1.19 bits per heavy atom. The molecule has 112 valence electrons. The van der Waals surface area contributed by atoms with E-state index in [0.29, 0.717) is 5.56 Å². The van der Waals surface area contributed by atoms with Crippen molar-refractivity contribution in [1.82, 2.24) is 0 Å². The lowest BCUT2D eigenvalue weighted by atomic mass is 9.87. The highest BCUT2D eigenvalue weighted by Gasteiger charge is 2.23. The molecule has 0 radical (unpaired) electrons. The van der Waals surface area contributed by atoms with Crippen molar-refractivity contribution < 1.29 is 14.2 Å². The second-order valence-electron chi connectivity index (χ2n) is 5.06. The van der Waals surface area contributed by atoms with Crippen LogP contribution in [0.25, 0.3) is 0 Å². The number of nitrogens with two attached hydrogens (primary N) is 1. The Bertz CT molecular complexity index is 598. The van der Waals surface area contributed by atoms with E-state index in [1.54, 1.807) is 13.2 Å². The fourth-order valence-electron chi connectivity index (χ4n) is 2.45. The molecule has 2 aromatic rings. The van der Waals surface area contributed by atoms with Crippen LogP contribution < -0.4 is 10.5 Å². The fraction of sp³-hybridized carbons (Fsp3) is 0.294. The Kier molecular flexibility index (Phi) is 4.94. The average Bonchev–Trinajstić information content (AvgIpc) is 2.51. The van der Waals surface area contributed by atoms with Gasteiger partial charge in [-0.3, -0.25) is 0 Å². The quantitative estimate of drug-likeness (QED) is 0.890. The zero-order valence-electron chi connectivity index (χ0n) is 12.2. The molecule has 0 bridgehead atoms. The molecule has 0 spiro atoms. The van der Waals surface area contributed by atoms with Gasteiger partial charge >= 0.3 is 0 Å². The molecule has 3 nitrogen and oxygen atoms in total. The molecule has 2 rings (SSSR count). The van der Waals surface area contributed by atoms with E-state index in [9.17, 15) is 9.50 Å². The van der Waals surface area contributed by atoms with Crippen molar-refractivity contribution in [3.63, 3.8) is 0 Å². The number of hydrogen-bond donors (Lipinski definition) is 2. The lowest BCUT2D eigenvalue weighted by Gasteiger charge is -2.24. The van der Waals surface area contributed by atoms with Gasteiger partial charge in [-0.1, -0.05) is 18.2 Å². The van der Waals surface area contributed by atoms with Gasteiger partial charge in [0.1, 0.15) is 11.6 Å². The predicted octanol–water partition coefficient (Wildman–Crippen LogP) is 2.92. The first kappa shape index (κ1) is 15.5. The third kappa shape index (κ3) is 3.40. The second kappa shape index (κ2) is 6.70. The maximum atomic E-state index is 13.4. The Balaban J connectivity index is 2.33. The summed E-state index contributed by atoms with van der Waals surface area (Å²) in [6.45, 7) is 2.11. The molecule has 0 aliphatic heterocycles. The van der Waals surface area contributed by atoms with Gasteiger partial charge in [0.15, 0.2) is 0 Å². The van der Waals surface area contributed by atoms with Crippen LogP contribution in [0.15, 0.2) is 42.5 Å². The van der Waals surface area contributed by atoms with Gasteiger partial charge in [0.2, 0.25) is 0 Å². The van der Waals surface area contributed by atoms with Crippen molar-refractivity contribution in [3.8, 4) is 5.75 Å². The first-order chi connectivity index (χ1) is 10.1. The molecular formula is C17H20FNO2. The van der Waals surface area contributed by atoms with E-state index in [4.69, 9.17) is 10.5 Å². The Hall–Kier alpha value is -1.91. The molecule has 3 N–H and O–H groups in total. The van der Waals surface area contributed by atoms with Gasteiger partial charge in [0.05, 0.1) is 13.2 Å². The van der Waals surface area contributed by atoms with Gasteiger partial charge in [-0.2, -0.15) is 0 Å². The maximum Gasteiger partial charge on any atom is 0.123 e. The highest BCUT2D eigenvalue weighted by molar-refractivity contribution is 5.35. The molecule has 0 heterocycles. The summed E-state index contributed by atoms with van der Waals surface area (Å²) in [7, 11) is 1.60. The topological polar surface area (TPSA) is 55.5 Å². The van der Waals surface area contributed by atoms with Crippen molar-refractivity contribution >= 4 is 0 Å². The summed E-state index contributed by atoms with van der Waals surface area (Å²) in [4.78, 5) is 0. The molecule has 0 aliphatic carbocycles. The zero-order chi connectivity index (χ0) is 15.4. The zero-order valence-corrected chi connectivity index (χ0v) is 12.2. The van der Waals surface area contributed by atoms with Gasteiger partial charge in [-0.25, -0.2) is 4.39 Å². The van der Waals surface area contributed by atoms with Crippen LogP contribution in [0.1, 0.15) is 28.7 Å². The third-order valence-electron chi connectivity index (χ3n) is 3.74. The van der Waals surface area contributed by atoms with Crippen LogP contribution in [0, 0.1) is 12.7 Å². The minimum Gasteiger partial charge on any atom is -0.497 e. The van der Waals surface area contributed by atoms with Crippen LogP contribution in [0.3, 0.4) is 0 Å². The van der Waals surface area contributed by atoms with E-state index in [-0.39, 0.29) is 18.3 Å². The minimum atomic E-state index is -0.848. The van der Waals surface area contributed by atoms with Gasteiger partial charge in [-0.15, -0.1) is 0 Å². The molecular weight excluding hydrogens is 269 g/mol. The number of aliphatic hydroxyl groups is 1. The smallest absolute Gasteiger partial charge is 0.123 e. The Morgan fingerprint density at radius 2 is 1.86 bits per heavy atom. The number of rotatable bonds is 5. The first-order valence-electron chi connectivity index (χ1n) is 6.85. The van der Waals surface area contributed by atoms with Crippen LogP contribution in [0.2, 0.25) is 0 Å². The van der Waals surface area contributed by atoms with Gasteiger partial charge in [-0.05, 0) is 47.9 Å². The average molecular weight is 289 g/mol. The minimum absolute atomic E-state index is 0.267. The number of aryl methyl sites for hydroxylation is 1. The molecule has 0 fully saturated rings. The van der Waals surface area contributed by atoms with Gasteiger partial charge in [0.25, 0.3) is 0 Å². The molecule has 0 saturated carbocycles. The van der Waals surface area contributed by atoms with Crippen molar-refractivity contribution in [3.05, 3.63) is 65.0 Å². The summed E-state index contributed by atoms with van der Waals surface area (Å²) in [6.07, 6.45) is -0.848. The Labute approximate surface area is 124 Å². The van der Waals surface area contributed by atoms with Gasteiger partial charge in [0, 0.05) is 12.5 Å². The van der Waals surface area contributed by atoms with Crippen LogP contribution >= 0.6 is 0 Å². The third-order valence-corrected chi connectivity index (χ3v) is 3.74. The maximum absolute atomic E-state index is 13.4. The summed E-state index contributed by atoms with van der Waals surface area (Å²) < 4.78 is 18.5. The highest BCUT2D eigenvalue weighted by Crippen LogP contribution is 2.33. The molecule has 2 atom stereocenters. The summed E-state index contributed by atoms with van der Waals surface area (Å²) in [6, 6.07) is 11.8. The SMILES string of the molecule is COc1ccc(C(CN)C(O)c2cc(F)ccc2C)cc1. The Morgan fingerprint density at radius 3 is 2.43 bits per heavy atom. The lowest BCUT2D eigenvalue weighted by Crippen LogP contribution is -2.21. The highest BCUT2D eigenvalue weighted by atomic mass is 19.1. The largest absolute Gasteiger partial charge is 0.497 e. The van der Waals surface area contributed by atoms with E-state index < -0.39 is 6.10 Å². The second-order valence-corrected chi connectivity index (χ2v) is 5.06. The summed E-state index contributed by atoms with van der Waals surface area (Å²) in [5.41, 5.74) is 8.13. The number of methoxy groups -OCH3 is 1. The number of halogens is 1. The van der Waals surface area contributed by atoms with Crippen molar-refractivity contribution in [2.24, 2.45) is 5.73 Å². The van der Waals surface area contributed by atoms with E-state index in [1.165, 1.54) is 12.1 Å². The number of aliphatic hydroxyl groups excluding tert-OH is 1. The van der Waals surface area contributed by atoms with E-state index in [1.807, 2.05) is 31.2 Å².